The third kappa shape index (κ3) is 2.84. The molecule has 18 heavy (non-hydrogen) atoms. The molecule has 2 rings (SSSR count). The fraction of sp³-hybridized carbons (Fsp3) is 0.294. The van der Waals surface area contributed by atoms with Crippen LogP contribution in [-0.4, -0.2) is 0 Å². The Morgan fingerprint density at radius 3 is 1.67 bits per heavy atom. The highest BCUT2D eigenvalue weighted by molar-refractivity contribution is 9.09. The number of hydrogen-bond acceptors (Lipinski definition) is 0. The van der Waals surface area contributed by atoms with Gasteiger partial charge in [-0.2, -0.15) is 0 Å². The van der Waals surface area contributed by atoms with Crippen LogP contribution in [0, 0.1) is 0 Å². The van der Waals surface area contributed by atoms with E-state index in [1.807, 2.05) is 0 Å². The summed E-state index contributed by atoms with van der Waals surface area (Å²) in [6.07, 6.45) is 3.56. The quantitative estimate of drug-likeness (QED) is 0.638. The standard InChI is InChI=1S/C17H19Br/c1-2-3-14-17(18,15-10-6-4-7-11-15)16-12-8-5-9-13-16/h4-13H,2-3,14H2,1H3. The maximum absolute atomic E-state index is 4.00. The predicted molar refractivity (Wildman–Crippen MR) is 82.1 cm³/mol. The van der Waals surface area contributed by atoms with Gasteiger partial charge in [-0.05, 0) is 17.5 Å². The molecule has 94 valence electrons. The van der Waals surface area contributed by atoms with Gasteiger partial charge in [0.05, 0.1) is 4.32 Å². The highest BCUT2D eigenvalue weighted by Gasteiger charge is 2.29. The lowest BCUT2D eigenvalue weighted by Gasteiger charge is -2.29. The molecule has 0 radical (unpaired) electrons. The van der Waals surface area contributed by atoms with Crippen LogP contribution in [0.2, 0.25) is 0 Å². The highest BCUT2D eigenvalue weighted by Crippen LogP contribution is 2.42. The second-order valence-corrected chi connectivity index (χ2v) is 5.99. The van der Waals surface area contributed by atoms with E-state index in [0.717, 1.165) is 6.42 Å². The van der Waals surface area contributed by atoms with Gasteiger partial charge in [-0.3, -0.25) is 0 Å². The van der Waals surface area contributed by atoms with Crippen molar-refractivity contribution in [2.24, 2.45) is 0 Å². The first-order valence-corrected chi connectivity index (χ1v) is 7.36. The van der Waals surface area contributed by atoms with Crippen LogP contribution in [0.25, 0.3) is 0 Å². The second-order valence-electron chi connectivity index (χ2n) is 4.64. The molecule has 0 aliphatic rings. The number of unbranched alkanes of at least 4 members (excludes halogenated alkanes) is 1. The van der Waals surface area contributed by atoms with E-state index in [4.69, 9.17) is 0 Å². The van der Waals surface area contributed by atoms with Crippen molar-refractivity contribution in [3.8, 4) is 0 Å². The second kappa shape index (κ2) is 6.19. The molecular formula is C17H19Br. The summed E-state index contributed by atoms with van der Waals surface area (Å²) in [5.74, 6) is 0. The third-order valence-electron chi connectivity index (χ3n) is 3.34. The highest BCUT2D eigenvalue weighted by atomic mass is 79.9. The molecule has 0 atom stereocenters. The molecule has 0 amide bonds. The van der Waals surface area contributed by atoms with Crippen molar-refractivity contribution in [2.45, 2.75) is 30.5 Å². The van der Waals surface area contributed by atoms with Crippen molar-refractivity contribution in [3.05, 3.63) is 71.8 Å². The molecule has 0 aliphatic carbocycles. The number of hydrogen-bond donors (Lipinski definition) is 0. The first kappa shape index (κ1) is 13.4. The maximum Gasteiger partial charge on any atom is 0.0754 e. The van der Waals surface area contributed by atoms with Crippen molar-refractivity contribution < 1.29 is 0 Å². The average molecular weight is 303 g/mol. The smallest absolute Gasteiger partial charge is 0.0749 e. The lowest BCUT2D eigenvalue weighted by Crippen LogP contribution is -2.19. The Balaban J connectivity index is 2.41. The van der Waals surface area contributed by atoms with Crippen molar-refractivity contribution in [1.29, 1.82) is 0 Å². The van der Waals surface area contributed by atoms with Crippen molar-refractivity contribution in [2.75, 3.05) is 0 Å². The monoisotopic (exact) mass is 302 g/mol. The normalized spacial score (nSPS) is 11.4. The topological polar surface area (TPSA) is 0 Å². The van der Waals surface area contributed by atoms with Gasteiger partial charge in [-0.1, -0.05) is 96.4 Å². The summed E-state index contributed by atoms with van der Waals surface area (Å²) in [6, 6.07) is 21.4. The summed E-state index contributed by atoms with van der Waals surface area (Å²) in [5.41, 5.74) is 2.68. The summed E-state index contributed by atoms with van der Waals surface area (Å²) >= 11 is 4.00. The molecule has 0 saturated carbocycles. The minimum Gasteiger partial charge on any atom is -0.0749 e. The zero-order valence-corrected chi connectivity index (χ0v) is 12.4. The average Bonchev–Trinajstić information content (AvgIpc) is 2.46. The van der Waals surface area contributed by atoms with E-state index in [1.54, 1.807) is 0 Å². The van der Waals surface area contributed by atoms with Gasteiger partial charge in [0.1, 0.15) is 0 Å². The van der Waals surface area contributed by atoms with Crippen molar-refractivity contribution >= 4 is 15.9 Å². The van der Waals surface area contributed by atoms with Crippen LogP contribution in [0.3, 0.4) is 0 Å². The van der Waals surface area contributed by atoms with Crippen LogP contribution >= 0.6 is 15.9 Å². The molecule has 0 saturated heterocycles. The molecule has 1 heteroatoms. The van der Waals surface area contributed by atoms with E-state index >= 15 is 0 Å². The molecule has 0 N–H and O–H groups in total. The molecule has 0 fully saturated rings. The van der Waals surface area contributed by atoms with Crippen LogP contribution < -0.4 is 0 Å². The summed E-state index contributed by atoms with van der Waals surface area (Å²) in [4.78, 5) is 0. The first-order valence-electron chi connectivity index (χ1n) is 6.57. The molecule has 0 bridgehead atoms. The van der Waals surface area contributed by atoms with Crippen molar-refractivity contribution in [1.82, 2.24) is 0 Å². The Kier molecular flexibility index (Phi) is 4.60. The van der Waals surface area contributed by atoms with Crippen LogP contribution in [-0.2, 0) is 4.32 Å². The van der Waals surface area contributed by atoms with E-state index in [2.05, 4.69) is 83.5 Å². The Hall–Kier alpha value is -1.08. The zero-order valence-electron chi connectivity index (χ0n) is 10.8. The maximum atomic E-state index is 4.00. The molecule has 2 aromatic carbocycles. The van der Waals surface area contributed by atoms with Gasteiger partial charge in [-0.15, -0.1) is 0 Å². The summed E-state index contributed by atoms with van der Waals surface area (Å²) < 4.78 is -0.0501. The van der Waals surface area contributed by atoms with E-state index in [1.165, 1.54) is 24.0 Å². The largest absolute Gasteiger partial charge is 0.0754 e. The summed E-state index contributed by atoms with van der Waals surface area (Å²) in [5, 5.41) is 0. The molecular weight excluding hydrogens is 284 g/mol. The molecule has 0 spiro atoms. The van der Waals surface area contributed by atoms with E-state index in [9.17, 15) is 0 Å². The Bertz CT molecular complexity index is 422. The SMILES string of the molecule is CCCCC(Br)(c1ccccc1)c1ccccc1. The fourth-order valence-electron chi connectivity index (χ4n) is 2.28. The first-order chi connectivity index (χ1) is 8.77. The summed E-state index contributed by atoms with van der Waals surface area (Å²) in [7, 11) is 0. The van der Waals surface area contributed by atoms with Gasteiger partial charge in [0.2, 0.25) is 0 Å². The number of alkyl halides is 1. The summed E-state index contributed by atoms with van der Waals surface area (Å²) in [6.45, 7) is 2.24. The minimum absolute atomic E-state index is 0.0501. The van der Waals surface area contributed by atoms with Gasteiger partial charge in [0.25, 0.3) is 0 Å². The van der Waals surface area contributed by atoms with Crippen LogP contribution in [0.15, 0.2) is 60.7 Å². The molecule has 0 unspecified atom stereocenters. The van der Waals surface area contributed by atoms with E-state index in [0.29, 0.717) is 0 Å². The van der Waals surface area contributed by atoms with Crippen LogP contribution in [0.1, 0.15) is 37.3 Å². The minimum atomic E-state index is -0.0501. The number of benzene rings is 2. The zero-order chi connectivity index (χ0) is 12.8. The molecule has 0 aromatic heterocycles. The van der Waals surface area contributed by atoms with E-state index < -0.39 is 0 Å². The lowest BCUT2D eigenvalue weighted by atomic mass is 9.87. The van der Waals surface area contributed by atoms with Crippen LogP contribution in [0.5, 0.6) is 0 Å². The molecule has 0 heterocycles. The van der Waals surface area contributed by atoms with E-state index in [-0.39, 0.29) is 4.32 Å². The Labute approximate surface area is 118 Å². The number of rotatable bonds is 5. The third-order valence-corrected chi connectivity index (χ3v) is 4.65. The van der Waals surface area contributed by atoms with Gasteiger partial charge >= 0.3 is 0 Å². The lowest BCUT2D eigenvalue weighted by molar-refractivity contribution is 0.618. The molecule has 0 aliphatic heterocycles. The predicted octanol–water partition coefficient (Wildman–Crippen LogP) is 5.52. The van der Waals surface area contributed by atoms with Crippen LogP contribution in [0.4, 0.5) is 0 Å². The Morgan fingerprint density at radius 1 is 0.833 bits per heavy atom. The Morgan fingerprint density at radius 2 is 1.28 bits per heavy atom. The number of halogens is 1. The fourth-order valence-corrected chi connectivity index (χ4v) is 3.09. The van der Waals surface area contributed by atoms with Gasteiger partial charge in [-0.25, -0.2) is 0 Å². The van der Waals surface area contributed by atoms with Gasteiger partial charge in [0, 0.05) is 0 Å². The molecule has 0 nitrogen and oxygen atoms in total. The van der Waals surface area contributed by atoms with Gasteiger partial charge < -0.3 is 0 Å². The van der Waals surface area contributed by atoms with Gasteiger partial charge in [0.15, 0.2) is 0 Å². The molecule has 2 aromatic rings. The van der Waals surface area contributed by atoms with Crippen molar-refractivity contribution in [3.63, 3.8) is 0 Å².